The summed E-state index contributed by atoms with van der Waals surface area (Å²) in [4.78, 5) is 0.0409. The number of anilines is 1. The Morgan fingerprint density at radius 2 is 1.81 bits per heavy atom. The van der Waals surface area contributed by atoms with Crippen LogP contribution >= 0.6 is 39.1 Å². The van der Waals surface area contributed by atoms with E-state index < -0.39 is 10.0 Å². The van der Waals surface area contributed by atoms with E-state index in [1.807, 2.05) is 6.07 Å². The summed E-state index contributed by atoms with van der Waals surface area (Å²) in [6.07, 6.45) is 0. The van der Waals surface area contributed by atoms with Gasteiger partial charge in [-0.1, -0.05) is 23.2 Å². The first-order valence-electron chi connectivity index (χ1n) is 5.51. The number of sulfonamides is 1. The number of nitrogens with zero attached hydrogens (tertiary/aromatic N) is 1. The highest BCUT2D eigenvalue weighted by molar-refractivity contribution is 9.10. The zero-order valence-electron chi connectivity index (χ0n) is 10.3. The molecule has 4 nitrogen and oxygen atoms in total. The summed E-state index contributed by atoms with van der Waals surface area (Å²) in [5.74, 6) is 0. The maximum absolute atomic E-state index is 12.3. The molecule has 0 aliphatic heterocycles. The minimum atomic E-state index is -3.80. The Morgan fingerprint density at radius 1 is 1.10 bits per heavy atom. The van der Waals surface area contributed by atoms with Crippen LogP contribution in [0.25, 0.3) is 0 Å². The molecule has 0 bridgehead atoms. The van der Waals surface area contributed by atoms with Crippen molar-refractivity contribution in [1.29, 1.82) is 5.26 Å². The number of rotatable bonds is 3. The quantitative estimate of drug-likeness (QED) is 0.820. The van der Waals surface area contributed by atoms with E-state index in [1.54, 1.807) is 0 Å². The molecule has 2 rings (SSSR count). The highest BCUT2D eigenvalue weighted by Crippen LogP contribution is 2.28. The molecular weight excluding hydrogens is 399 g/mol. The molecule has 0 unspecified atom stereocenters. The summed E-state index contributed by atoms with van der Waals surface area (Å²) in [5.41, 5.74) is 0.541. The van der Waals surface area contributed by atoms with Crippen molar-refractivity contribution in [3.8, 4) is 6.07 Å². The fourth-order valence-corrected chi connectivity index (χ4v) is 3.55. The van der Waals surface area contributed by atoms with Crippen LogP contribution in [0.15, 0.2) is 45.8 Å². The number of benzene rings is 2. The summed E-state index contributed by atoms with van der Waals surface area (Å²) in [5, 5.41) is 9.31. The molecule has 0 saturated carbocycles. The molecule has 0 aliphatic rings. The molecule has 0 aromatic heterocycles. The average Bonchev–Trinajstić information content (AvgIpc) is 2.43. The van der Waals surface area contributed by atoms with Gasteiger partial charge in [0.2, 0.25) is 0 Å². The van der Waals surface area contributed by atoms with Crippen LogP contribution in [-0.2, 0) is 10.0 Å². The van der Waals surface area contributed by atoms with Crippen molar-refractivity contribution >= 4 is 54.8 Å². The number of halogens is 3. The van der Waals surface area contributed by atoms with Crippen LogP contribution < -0.4 is 4.72 Å². The van der Waals surface area contributed by atoms with E-state index in [-0.39, 0.29) is 15.6 Å². The number of nitrogens with one attached hydrogen (secondary N) is 1. The predicted molar refractivity (Wildman–Crippen MR) is 86.1 cm³/mol. The second kappa shape index (κ2) is 6.24. The first-order chi connectivity index (χ1) is 9.83. The first-order valence-corrected chi connectivity index (χ1v) is 8.54. The minimum Gasteiger partial charge on any atom is -0.278 e. The van der Waals surface area contributed by atoms with Gasteiger partial charge in [-0.15, -0.1) is 0 Å². The predicted octanol–water partition coefficient (Wildman–Crippen LogP) is 4.43. The van der Waals surface area contributed by atoms with E-state index in [1.165, 1.54) is 36.4 Å². The summed E-state index contributed by atoms with van der Waals surface area (Å²) >= 11 is 15.0. The summed E-state index contributed by atoms with van der Waals surface area (Å²) in [7, 11) is -3.80. The van der Waals surface area contributed by atoms with Gasteiger partial charge < -0.3 is 0 Å². The van der Waals surface area contributed by atoms with Crippen molar-refractivity contribution in [3.05, 3.63) is 56.5 Å². The summed E-state index contributed by atoms with van der Waals surface area (Å²) in [6.45, 7) is 0. The highest BCUT2D eigenvalue weighted by Gasteiger charge is 2.17. The number of nitriles is 1. The fraction of sp³-hybridized carbons (Fsp3) is 0. The molecule has 0 spiro atoms. The van der Waals surface area contributed by atoms with Crippen molar-refractivity contribution in [2.24, 2.45) is 0 Å². The highest BCUT2D eigenvalue weighted by atomic mass is 79.9. The molecule has 0 atom stereocenters. The molecule has 0 saturated heterocycles. The van der Waals surface area contributed by atoms with Crippen molar-refractivity contribution < 1.29 is 8.42 Å². The SMILES string of the molecule is N#Cc1ccc(NS(=O)(=O)c2ccc(Cl)c(Br)c2)c(Cl)c1. The van der Waals surface area contributed by atoms with Crippen molar-refractivity contribution in [2.75, 3.05) is 4.72 Å². The lowest BCUT2D eigenvalue weighted by atomic mass is 10.2. The van der Waals surface area contributed by atoms with Crippen LogP contribution in [0.5, 0.6) is 0 Å². The largest absolute Gasteiger partial charge is 0.278 e. The third-order valence-electron chi connectivity index (χ3n) is 2.54. The lowest BCUT2D eigenvalue weighted by Crippen LogP contribution is -2.13. The van der Waals surface area contributed by atoms with Gasteiger partial charge in [-0.25, -0.2) is 8.42 Å². The van der Waals surface area contributed by atoms with Gasteiger partial charge in [0.25, 0.3) is 10.0 Å². The zero-order chi connectivity index (χ0) is 15.6. The van der Waals surface area contributed by atoms with Gasteiger partial charge >= 0.3 is 0 Å². The Labute approximate surface area is 140 Å². The Hall–Kier alpha value is -1.26. The molecule has 1 N–H and O–H groups in total. The van der Waals surface area contributed by atoms with E-state index >= 15 is 0 Å². The lowest BCUT2D eigenvalue weighted by Gasteiger charge is -2.10. The topological polar surface area (TPSA) is 70.0 Å². The molecule has 108 valence electrons. The van der Waals surface area contributed by atoms with Gasteiger partial charge in [-0.05, 0) is 52.3 Å². The maximum atomic E-state index is 12.3. The van der Waals surface area contributed by atoms with Gasteiger partial charge in [0, 0.05) is 4.47 Å². The standard InChI is InChI=1S/C13H7BrCl2N2O2S/c14-10-6-9(2-3-11(10)15)21(19,20)18-13-4-1-8(7-17)5-12(13)16/h1-6,18H. The molecule has 0 amide bonds. The number of hydrogen-bond donors (Lipinski definition) is 1. The van der Waals surface area contributed by atoms with E-state index in [9.17, 15) is 8.42 Å². The zero-order valence-corrected chi connectivity index (χ0v) is 14.2. The lowest BCUT2D eigenvalue weighted by molar-refractivity contribution is 0.601. The van der Waals surface area contributed by atoms with E-state index in [0.717, 1.165) is 0 Å². The second-order valence-electron chi connectivity index (χ2n) is 3.99. The molecule has 21 heavy (non-hydrogen) atoms. The molecule has 0 aliphatic carbocycles. The molecule has 2 aromatic carbocycles. The Balaban J connectivity index is 2.37. The molecule has 0 radical (unpaired) electrons. The molecule has 0 fully saturated rings. The van der Waals surface area contributed by atoms with E-state index in [0.29, 0.717) is 15.1 Å². The second-order valence-corrected chi connectivity index (χ2v) is 7.34. The van der Waals surface area contributed by atoms with Crippen molar-refractivity contribution in [1.82, 2.24) is 0 Å². The van der Waals surface area contributed by atoms with Crippen molar-refractivity contribution in [2.45, 2.75) is 4.90 Å². The Kier molecular flexibility index (Phi) is 4.79. The van der Waals surface area contributed by atoms with Crippen LogP contribution in [-0.4, -0.2) is 8.42 Å². The van der Waals surface area contributed by atoms with Gasteiger partial charge in [0.15, 0.2) is 0 Å². The average molecular weight is 406 g/mol. The van der Waals surface area contributed by atoms with Crippen LogP contribution in [0.2, 0.25) is 10.0 Å². The molecular formula is C13H7BrCl2N2O2S. The number of hydrogen-bond acceptors (Lipinski definition) is 3. The molecule has 2 aromatic rings. The van der Waals surface area contributed by atoms with Gasteiger partial charge in [-0.3, -0.25) is 4.72 Å². The Bertz CT molecular complexity index is 848. The van der Waals surface area contributed by atoms with Crippen LogP contribution in [0.3, 0.4) is 0 Å². The van der Waals surface area contributed by atoms with E-state index in [2.05, 4.69) is 20.7 Å². The van der Waals surface area contributed by atoms with Crippen molar-refractivity contribution in [3.63, 3.8) is 0 Å². The molecule has 8 heteroatoms. The fourth-order valence-electron chi connectivity index (χ4n) is 1.52. The van der Waals surface area contributed by atoms with Gasteiger partial charge in [0.1, 0.15) is 0 Å². The normalized spacial score (nSPS) is 11.0. The monoisotopic (exact) mass is 404 g/mol. The van der Waals surface area contributed by atoms with E-state index in [4.69, 9.17) is 28.5 Å². The first kappa shape index (κ1) is 16.1. The third kappa shape index (κ3) is 3.69. The maximum Gasteiger partial charge on any atom is 0.261 e. The summed E-state index contributed by atoms with van der Waals surface area (Å²) < 4.78 is 27.4. The summed E-state index contributed by atoms with van der Waals surface area (Å²) in [6, 6.07) is 10.5. The Morgan fingerprint density at radius 3 is 2.38 bits per heavy atom. The van der Waals surface area contributed by atoms with Gasteiger partial charge in [0.05, 0.1) is 32.3 Å². The molecule has 0 heterocycles. The van der Waals surface area contributed by atoms with Crippen LogP contribution in [0, 0.1) is 11.3 Å². The smallest absolute Gasteiger partial charge is 0.261 e. The van der Waals surface area contributed by atoms with Crippen LogP contribution in [0.1, 0.15) is 5.56 Å². The van der Waals surface area contributed by atoms with Crippen LogP contribution in [0.4, 0.5) is 5.69 Å². The van der Waals surface area contributed by atoms with Gasteiger partial charge in [-0.2, -0.15) is 5.26 Å². The minimum absolute atomic E-state index is 0.0409. The third-order valence-corrected chi connectivity index (χ3v) is 5.43.